The van der Waals surface area contributed by atoms with Crippen molar-refractivity contribution in [2.45, 2.75) is 5.16 Å². The molecule has 33 heavy (non-hydrogen) atoms. The second-order valence-electron chi connectivity index (χ2n) is 6.91. The number of methoxy groups -OCH3 is 2. The van der Waals surface area contributed by atoms with E-state index in [1.807, 2.05) is 47.8 Å². The molecule has 0 saturated heterocycles. The van der Waals surface area contributed by atoms with Crippen molar-refractivity contribution in [2.75, 3.05) is 25.3 Å². The van der Waals surface area contributed by atoms with Crippen LogP contribution in [0.3, 0.4) is 0 Å². The molecule has 1 amide bonds. The van der Waals surface area contributed by atoms with Crippen LogP contribution in [-0.4, -0.2) is 51.0 Å². The lowest BCUT2D eigenvalue weighted by atomic mass is 10.1. The quantitative estimate of drug-likeness (QED) is 0.331. The number of para-hydroxylation sites is 1. The Morgan fingerprint density at radius 2 is 1.94 bits per heavy atom. The van der Waals surface area contributed by atoms with E-state index in [-0.39, 0.29) is 11.7 Å². The number of thiazole rings is 1. The Morgan fingerprint density at radius 1 is 1.09 bits per heavy atom. The average molecular weight is 479 g/mol. The molecule has 5 aromatic rings. The average Bonchev–Trinajstić information content (AvgIpc) is 3.46. The van der Waals surface area contributed by atoms with E-state index < -0.39 is 0 Å². The van der Waals surface area contributed by atoms with Crippen LogP contribution >= 0.6 is 23.1 Å². The molecule has 3 heterocycles. The Bertz CT molecular complexity index is 1470. The first kappa shape index (κ1) is 21.2. The first-order valence-electron chi connectivity index (χ1n) is 9.86. The van der Waals surface area contributed by atoms with Gasteiger partial charge in [0.1, 0.15) is 5.52 Å². The topological polar surface area (TPSA) is 115 Å². The molecule has 0 aliphatic heterocycles. The van der Waals surface area contributed by atoms with Gasteiger partial charge < -0.3 is 19.8 Å². The molecule has 2 N–H and O–H groups in total. The van der Waals surface area contributed by atoms with Gasteiger partial charge in [0.05, 0.1) is 25.7 Å². The number of anilines is 1. The van der Waals surface area contributed by atoms with Gasteiger partial charge in [-0.1, -0.05) is 30.0 Å². The Kier molecular flexibility index (Phi) is 5.80. The molecule has 0 fully saturated rings. The third kappa shape index (κ3) is 4.32. The maximum absolute atomic E-state index is 12.4. The summed E-state index contributed by atoms with van der Waals surface area (Å²) in [5.74, 6) is 1.20. The third-order valence-corrected chi connectivity index (χ3v) is 6.46. The van der Waals surface area contributed by atoms with Crippen LogP contribution in [0.4, 0.5) is 5.13 Å². The van der Waals surface area contributed by atoms with E-state index in [1.165, 1.54) is 23.1 Å². The van der Waals surface area contributed by atoms with E-state index in [4.69, 9.17) is 9.47 Å². The van der Waals surface area contributed by atoms with Gasteiger partial charge in [0.25, 0.3) is 0 Å². The second-order valence-corrected chi connectivity index (χ2v) is 8.71. The van der Waals surface area contributed by atoms with Crippen LogP contribution in [0.2, 0.25) is 0 Å². The Hall–Kier alpha value is -3.70. The summed E-state index contributed by atoms with van der Waals surface area (Å²) in [7, 11) is 3.17. The lowest BCUT2D eigenvalue weighted by Crippen LogP contribution is -2.14. The fraction of sp³-hybridized carbons (Fsp3) is 0.136. The molecule has 9 nitrogen and oxygen atoms in total. The number of aromatic nitrogens is 5. The van der Waals surface area contributed by atoms with E-state index in [0.29, 0.717) is 33.0 Å². The van der Waals surface area contributed by atoms with Crippen molar-refractivity contribution < 1.29 is 14.3 Å². The van der Waals surface area contributed by atoms with Crippen LogP contribution in [0, 0.1) is 0 Å². The number of H-pyrrole nitrogens is 1. The van der Waals surface area contributed by atoms with Crippen LogP contribution in [0.25, 0.3) is 33.3 Å². The van der Waals surface area contributed by atoms with Gasteiger partial charge in [0.15, 0.2) is 22.3 Å². The largest absolute Gasteiger partial charge is 0.493 e. The number of aromatic amines is 1. The fourth-order valence-corrected chi connectivity index (χ4v) is 4.63. The predicted octanol–water partition coefficient (Wildman–Crippen LogP) is 4.38. The van der Waals surface area contributed by atoms with Crippen molar-refractivity contribution in [2.24, 2.45) is 0 Å². The number of nitrogens with zero attached hydrogens (tertiary/aromatic N) is 4. The number of carbonyl (C=O) groups excluding carboxylic acids is 1. The number of rotatable bonds is 7. The van der Waals surface area contributed by atoms with E-state index in [0.717, 1.165) is 22.2 Å². The monoisotopic (exact) mass is 478 g/mol. The van der Waals surface area contributed by atoms with Crippen molar-refractivity contribution in [3.05, 3.63) is 47.8 Å². The van der Waals surface area contributed by atoms with Gasteiger partial charge in [-0.2, -0.15) is 0 Å². The molecule has 5 rings (SSSR count). The summed E-state index contributed by atoms with van der Waals surface area (Å²) < 4.78 is 10.6. The highest BCUT2D eigenvalue weighted by molar-refractivity contribution is 7.99. The van der Waals surface area contributed by atoms with Gasteiger partial charge in [0, 0.05) is 21.8 Å². The highest BCUT2D eigenvalue weighted by Gasteiger charge is 2.13. The number of amides is 1. The number of carbonyl (C=O) groups is 1. The molecular formula is C22H18N6O3S2. The Morgan fingerprint density at radius 3 is 2.79 bits per heavy atom. The summed E-state index contributed by atoms with van der Waals surface area (Å²) in [5.41, 5.74) is 3.91. The molecule has 166 valence electrons. The maximum Gasteiger partial charge on any atom is 0.236 e. The molecular weight excluding hydrogens is 460 g/mol. The molecule has 0 atom stereocenters. The molecule has 0 bridgehead atoms. The van der Waals surface area contributed by atoms with E-state index in [2.05, 4.69) is 30.5 Å². The van der Waals surface area contributed by atoms with Crippen molar-refractivity contribution in [1.29, 1.82) is 0 Å². The highest BCUT2D eigenvalue weighted by atomic mass is 32.2. The summed E-state index contributed by atoms with van der Waals surface area (Å²) >= 11 is 2.56. The second kappa shape index (κ2) is 9.04. The van der Waals surface area contributed by atoms with Gasteiger partial charge in [0.2, 0.25) is 11.1 Å². The standard InChI is InChI=1S/C22H18N6O3S2/c1-30-16-8-7-12(9-17(16)31-2)15-10-32-21(24-15)25-18(29)11-33-22-26-20-19(27-28-22)13-5-3-4-6-14(13)23-20/h3-10H,11H2,1-2H3,(H,23,26,28)(H,24,25,29). The van der Waals surface area contributed by atoms with E-state index in [9.17, 15) is 4.79 Å². The summed E-state index contributed by atoms with van der Waals surface area (Å²) in [5, 5.41) is 15.0. The SMILES string of the molecule is COc1ccc(-c2csc(NC(=O)CSc3nnc4c(n3)[nH]c3ccccc34)n2)cc1OC. The maximum atomic E-state index is 12.4. The summed E-state index contributed by atoms with van der Waals surface area (Å²) in [6.45, 7) is 0. The molecule has 0 aliphatic carbocycles. The van der Waals surface area contributed by atoms with Crippen LogP contribution < -0.4 is 14.8 Å². The number of nitrogens with one attached hydrogen (secondary N) is 2. The van der Waals surface area contributed by atoms with Crippen LogP contribution in [0.1, 0.15) is 0 Å². The minimum absolute atomic E-state index is 0.138. The van der Waals surface area contributed by atoms with Crippen LogP contribution in [0.5, 0.6) is 11.5 Å². The summed E-state index contributed by atoms with van der Waals surface area (Å²) in [6.07, 6.45) is 0. The molecule has 2 aromatic carbocycles. The van der Waals surface area contributed by atoms with Gasteiger partial charge in [-0.15, -0.1) is 21.5 Å². The lowest BCUT2D eigenvalue weighted by Gasteiger charge is -2.08. The predicted molar refractivity (Wildman–Crippen MR) is 129 cm³/mol. The number of hydrogen-bond acceptors (Lipinski definition) is 9. The lowest BCUT2D eigenvalue weighted by molar-refractivity contribution is -0.113. The van der Waals surface area contributed by atoms with Gasteiger partial charge in [-0.3, -0.25) is 4.79 Å². The molecule has 0 spiro atoms. The fourth-order valence-electron chi connectivity index (χ4n) is 3.31. The van der Waals surface area contributed by atoms with E-state index in [1.54, 1.807) is 14.2 Å². The van der Waals surface area contributed by atoms with E-state index >= 15 is 0 Å². The van der Waals surface area contributed by atoms with Gasteiger partial charge in [-0.25, -0.2) is 9.97 Å². The molecule has 0 aliphatic rings. The highest BCUT2D eigenvalue weighted by Crippen LogP contribution is 2.33. The zero-order valence-electron chi connectivity index (χ0n) is 17.7. The Balaban J connectivity index is 1.24. The molecule has 3 aromatic heterocycles. The number of thioether (sulfide) groups is 1. The smallest absolute Gasteiger partial charge is 0.236 e. The van der Waals surface area contributed by atoms with Crippen molar-refractivity contribution in [3.8, 4) is 22.8 Å². The minimum Gasteiger partial charge on any atom is -0.493 e. The number of fused-ring (bicyclic) bond motifs is 3. The van der Waals surface area contributed by atoms with Crippen molar-refractivity contribution >= 4 is 56.2 Å². The normalized spacial score (nSPS) is 11.1. The Labute approximate surface area is 196 Å². The van der Waals surface area contributed by atoms with Crippen molar-refractivity contribution in [3.63, 3.8) is 0 Å². The van der Waals surface area contributed by atoms with Crippen LogP contribution in [-0.2, 0) is 4.79 Å². The minimum atomic E-state index is -0.200. The first-order chi connectivity index (χ1) is 16.1. The third-order valence-electron chi connectivity index (χ3n) is 4.86. The first-order valence-corrected chi connectivity index (χ1v) is 11.7. The summed E-state index contributed by atoms with van der Waals surface area (Å²) in [4.78, 5) is 24.6. The van der Waals surface area contributed by atoms with Gasteiger partial charge >= 0.3 is 0 Å². The van der Waals surface area contributed by atoms with Crippen molar-refractivity contribution in [1.82, 2.24) is 25.1 Å². The van der Waals surface area contributed by atoms with Gasteiger partial charge in [-0.05, 0) is 24.3 Å². The number of ether oxygens (including phenoxy) is 2. The molecule has 11 heteroatoms. The summed E-state index contributed by atoms with van der Waals surface area (Å²) in [6, 6.07) is 13.4. The number of benzene rings is 2. The zero-order valence-corrected chi connectivity index (χ0v) is 19.3. The molecule has 0 unspecified atom stereocenters. The number of hydrogen-bond donors (Lipinski definition) is 2. The molecule has 0 saturated carbocycles. The molecule has 0 radical (unpaired) electrons. The van der Waals surface area contributed by atoms with Crippen LogP contribution in [0.15, 0.2) is 53.0 Å². The zero-order chi connectivity index (χ0) is 22.8.